The van der Waals surface area contributed by atoms with E-state index >= 15 is 0 Å². The lowest BCUT2D eigenvalue weighted by Gasteiger charge is -2.11. The number of nitrogens with zero attached hydrogens (tertiary/aromatic N) is 2. The van der Waals surface area contributed by atoms with Crippen LogP contribution in [0.4, 0.5) is 5.69 Å². The third-order valence-corrected chi connectivity index (χ3v) is 5.83. The Balaban J connectivity index is 1.62. The highest BCUT2D eigenvalue weighted by atomic mass is 35.5. The predicted octanol–water partition coefficient (Wildman–Crippen LogP) is 3.47. The number of aryl methyl sites for hydroxylation is 2. The van der Waals surface area contributed by atoms with Gasteiger partial charge in [0.25, 0.3) is 15.9 Å². The molecule has 0 radical (unpaired) electrons. The van der Waals surface area contributed by atoms with Crippen molar-refractivity contribution in [3.8, 4) is 0 Å². The first kappa shape index (κ1) is 20.9. The van der Waals surface area contributed by atoms with Crippen LogP contribution in [0.3, 0.4) is 0 Å². The molecule has 0 aliphatic rings. The van der Waals surface area contributed by atoms with Gasteiger partial charge in [0.1, 0.15) is 0 Å². The van der Waals surface area contributed by atoms with Gasteiger partial charge in [0.15, 0.2) is 0 Å². The van der Waals surface area contributed by atoms with Gasteiger partial charge >= 0.3 is 0 Å². The molecule has 0 aliphatic heterocycles. The van der Waals surface area contributed by atoms with E-state index in [9.17, 15) is 13.2 Å². The molecule has 1 amide bonds. The number of para-hydroxylation sites is 1. The van der Waals surface area contributed by atoms with Crippen LogP contribution < -0.4 is 10.0 Å². The molecule has 2 aromatic carbocycles. The van der Waals surface area contributed by atoms with E-state index in [4.69, 9.17) is 11.6 Å². The maximum atomic E-state index is 12.6. The van der Waals surface area contributed by atoms with Gasteiger partial charge in [-0.15, -0.1) is 0 Å². The highest BCUT2D eigenvalue weighted by Crippen LogP contribution is 2.24. The maximum absolute atomic E-state index is 12.6. The topological polar surface area (TPSA) is 93.1 Å². The zero-order valence-corrected chi connectivity index (χ0v) is 17.4. The van der Waals surface area contributed by atoms with Gasteiger partial charge in [0.2, 0.25) is 0 Å². The van der Waals surface area contributed by atoms with E-state index in [1.54, 1.807) is 36.5 Å². The Morgan fingerprint density at radius 3 is 2.69 bits per heavy atom. The zero-order chi connectivity index (χ0) is 20.9. The molecule has 152 valence electrons. The summed E-state index contributed by atoms with van der Waals surface area (Å²) in [6, 6.07) is 12.4. The molecule has 0 atom stereocenters. The Kier molecular flexibility index (Phi) is 6.56. The second-order valence-corrected chi connectivity index (χ2v) is 8.59. The molecule has 1 aromatic heterocycles. The van der Waals surface area contributed by atoms with Crippen LogP contribution >= 0.6 is 11.6 Å². The third kappa shape index (κ3) is 5.58. The van der Waals surface area contributed by atoms with Crippen molar-refractivity contribution in [2.75, 3.05) is 11.3 Å². The average Bonchev–Trinajstić information content (AvgIpc) is 3.12. The van der Waals surface area contributed by atoms with Crippen LogP contribution in [0, 0.1) is 6.92 Å². The molecule has 0 fully saturated rings. The largest absolute Gasteiger partial charge is 0.352 e. The Morgan fingerprint density at radius 1 is 1.17 bits per heavy atom. The molecule has 0 spiro atoms. The number of carbonyl (C=O) groups excluding carboxylic acids is 1. The Morgan fingerprint density at radius 2 is 1.97 bits per heavy atom. The van der Waals surface area contributed by atoms with Crippen molar-refractivity contribution in [3.05, 3.63) is 77.1 Å². The van der Waals surface area contributed by atoms with Crippen molar-refractivity contribution in [3.63, 3.8) is 0 Å². The minimum Gasteiger partial charge on any atom is -0.352 e. The van der Waals surface area contributed by atoms with E-state index in [0.717, 1.165) is 5.56 Å². The maximum Gasteiger partial charge on any atom is 0.261 e. The third-order valence-electron chi connectivity index (χ3n) is 4.14. The van der Waals surface area contributed by atoms with Gasteiger partial charge in [-0.2, -0.15) is 5.10 Å². The van der Waals surface area contributed by atoms with Gasteiger partial charge in [-0.25, -0.2) is 8.42 Å². The molecule has 7 nitrogen and oxygen atoms in total. The number of rotatable bonds is 8. The van der Waals surface area contributed by atoms with Crippen molar-refractivity contribution in [2.45, 2.75) is 24.8 Å². The average molecular weight is 433 g/mol. The number of hydrogen-bond donors (Lipinski definition) is 2. The summed E-state index contributed by atoms with van der Waals surface area (Å²) in [6.07, 6.45) is 4.42. The molecule has 0 aliphatic carbocycles. The molecular formula is C20H21ClN4O3S. The minimum atomic E-state index is -3.88. The normalized spacial score (nSPS) is 11.2. The highest BCUT2D eigenvalue weighted by Gasteiger charge is 2.17. The first-order valence-electron chi connectivity index (χ1n) is 9.00. The Labute approximate surface area is 174 Å². The Bertz CT molecular complexity index is 1110. The van der Waals surface area contributed by atoms with Crippen LogP contribution in [-0.2, 0) is 16.6 Å². The van der Waals surface area contributed by atoms with Crippen molar-refractivity contribution in [1.29, 1.82) is 0 Å². The predicted molar refractivity (Wildman–Crippen MR) is 113 cm³/mol. The van der Waals surface area contributed by atoms with Gasteiger partial charge in [-0.3, -0.25) is 14.2 Å². The van der Waals surface area contributed by atoms with Crippen LogP contribution in [0.5, 0.6) is 0 Å². The lowest BCUT2D eigenvalue weighted by molar-refractivity contribution is 0.0952. The van der Waals surface area contributed by atoms with E-state index < -0.39 is 10.0 Å². The molecular weight excluding hydrogens is 412 g/mol. The van der Waals surface area contributed by atoms with E-state index in [2.05, 4.69) is 15.1 Å². The summed E-state index contributed by atoms with van der Waals surface area (Å²) < 4.78 is 29.5. The minimum absolute atomic E-state index is 0.0166. The van der Waals surface area contributed by atoms with Crippen molar-refractivity contribution >= 4 is 33.2 Å². The number of hydrogen-bond acceptors (Lipinski definition) is 4. The SMILES string of the molecule is Cc1cnn(CCCNC(=O)c2cccc(S(=O)(=O)Nc3ccccc3Cl)c2)c1. The number of anilines is 1. The molecule has 3 rings (SSSR count). The van der Waals surface area contributed by atoms with Crippen LogP contribution in [0.15, 0.2) is 65.8 Å². The number of nitrogens with one attached hydrogen (secondary N) is 2. The molecule has 0 unspecified atom stereocenters. The molecule has 0 bridgehead atoms. The van der Waals surface area contributed by atoms with Crippen LogP contribution in [0.2, 0.25) is 5.02 Å². The molecule has 2 N–H and O–H groups in total. The first-order chi connectivity index (χ1) is 13.8. The van der Waals surface area contributed by atoms with E-state index in [1.807, 2.05) is 17.8 Å². The highest BCUT2D eigenvalue weighted by molar-refractivity contribution is 7.92. The van der Waals surface area contributed by atoms with Crippen LogP contribution in [-0.4, -0.2) is 30.7 Å². The molecule has 3 aromatic rings. The standard InChI is InChI=1S/C20H21ClN4O3S/c1-15-13-23-25(14-15)11-5-10-22-20(26)16-6-4-7-17(12-16)29(27,28)24-19-9-3-2-8-18(19)21/h2-4,6-9,12-14,24H,5,10-11H2,1H3,(H,22,26). The molecule has 1 heterocycles. The summed E-state index contributed by atoms with van der Waals surface area (Å²) in [7, 11) is -3.88. The van der Waals surface area contributed by atoms with E-state index in [1.165, 1.54) is 18.2 Å². The van der Waals surface area contributed by atoms with Gasteiger partial charge < -0.3 is 5.32 Å². The fourth-order valence-corrected chi connectivity index (χ4v) is 4.05. The van der Waals surface area contributed by atoms with Gasteiger partial charge in [0, 0.05) is 24.8 Å². The number of benzene rings is 2. The Hall–Kier alpha value is -2.84. The second kappa shape index (κ2) is 9.11. The van der Waals surface area contributed by atoms with Crippen molar-refractivity contribution in [2.24, 2.45) is 0 Å². The quantitative estimate of drug-likeness (QED) is 0.533. The summed E-state index contributed by atoms with van der Waals surface area (Å²) in [4.78, 5) is 12.4. The number of amides is 1. The summed E-state index contributed by atoms with van der Waals surface area (Å²) in [5.74, 6) is -0.337. The lowest BCUT2D eigenvalue weighted by atomic mass is 10.2. The molecule has 9 heteroatoms. The van der Waals surface area contributed by atoms with Crippen LogP contribution in [0.25, 0.3) is 0 Å². The van der Waals surface area contributed by atoms with Crippen molar-refractivity contribution in [1.82, 2.24) is 15.1 Å². The summed E-state index contributed by atoms with van der Waals surface area (Å²) in [6.45, 7) is 3.10. The van der Waals surface area contributed by atoms with Crippen LogP contribution in [0.1, 0.15) is 22.3 Å². The monoisotopic (exact) mass is 432 g/mol. The summed E-state index contributed by atoms with van der Waals surface area (Å²) >= 11 is 6.02. The molecule has 0 saturated carbocycles. The van der Waals surface area contributed by atoms with Gasteiger partial charge in [-0.1, -0.05) is 29.8 Å². The zero-order valence-electron chi connectivity index (χ0n) is 15.8. The number of halogens is 1. The smallest absolute Gasteiger partial charge is 0.261 e. The molecule has 29 heavy (non-hydrogen) atoms. The first-order valence-corrected chi connectivity index (χ1v) is 10.9. The number of aromatic nitrogens is 2. The summed E-state index contributed by atoms with van der Waals surface area (Å²) in [5, 5.41) is 7.28. The molecule has 0 saturated heterocycles. The van der Waals surface area contributed by atoms with Crippen molar-refractivity contribution < 1.29 is 13.2 Å². The van der Waals surface area contributed by atoms with E-state index in [0.29, 0.717) is 19.5 Å². The number of sulfonamides is 1. The fourth-order valence-electron chi connectivity index (χ4n) is 2.69. The fraction of sp³-hybridized carbons (Fsp3) is 0.200. The van der Waals surface area contributed by atoms with Gasteiger partial charge in [0.05, 0.1) is 21.8 Å². The summed E-state index contributed by atoms with van der Waals surface area (Å²) in [5.41, 5.74) is 1.62. The number of carbonyl (C=O) groups is 1. The lowest BCUT2D eigenvalue weighted by Crippen LogP contribution is -2.25. The van der Waals surface area contributed by atoms with E-state index in [-0.39, 0.29) is 27.1 Å². The van der Waals surface area contributed by atoms with Gasteiger partial charge in [-0.05, 0) is 49.2 Å². The second-order valence-electron chi connectivity index (χ2n) is 6.50.